The molecule has 152 valence electrons. The molecule has 0 saturated carbocycles. The normalized spacial score (nSPS) is 13.9. The molecular weight excluding hydrogens is 403 g/mol. The quantitative estimate of drug-likeness (QED) is 0.606. The second kappa shape index (κ2) is 8.44. The van der Waals surface area contributed by atoms with Crippen molar-refractivity contribution in [3.8, 4) is 0 Å². The average Bonchev–Trinajstić information content (AvgIpc) is 2.72. The molecule has 2 aromatic rings. The molecule has 0 spiro atoms. The van der Waals surface area contributed by atoms with Gasteiger partial charge in [-0.1, -0.05) is 11.6 Å². The summed E-state index contributed by atoms with van der Waals surface area (Å²) in [5, 5.41) is 13.6. The van der Waals surface area contributed by atoms with E-state index in [1.54, 1.807) is 4.90 Å². The number of halogens is 2. The molecule has 0 aromatic heterocycles. The number of hydrogen-bond acceptors (Lipinski definition) is 5. The van der Waals surface area contributed by atoms with E-state index < -0.39 is 16.6 Å². The van der Waals surface area contributed by atoms with Crippen LogP contribution in [0.25, 0.3) is 0 Å². The fraction of sp³-hybridized carbons (Fsp3) is 0.263. The second-order valence-corrected chi connectivity index (χ2v) is 6.85. The molecule has 0 unspecified atom stereocenters. The smallest absolute Gasteiger partial charge is 0.270 e. The van der Waals surface area contributed by atoms with Crippen LogP contribution in [0.4, 0.5) is 15.8 Å². The molecule has 0 atom stereocenters. The number of piperazine rings is 1. The van der Waals surface area contributed by atoms with Gasteiger partial charge in [0.25, 0.3) is 17.5 Å². The van der Waals surface area contributed by atoms with E-state index in [0.29, 0.717) is 31.9 Å². The summed E-state index contributed by atoms with van der Waals surface area (Å²) in [6, 6.07) is 7.75. The third-order valence-electron chi connectivity index (χ3n) is 4.73. The number of amides is 2. The molecular formula is C19H18ClFN4O4. The predicted molar refractivity (Wildman–Crippen MR) is 106 cm³/mol. The summed E-state index contributed by atoms with van der Waals surface area (Å²) in [6.07, 6.45) is 0. The molecule has 1 N–H and O–H groups in total. The van der Waals surface area contributed by atoms with Crippen LogP contribution in [0.15, 0.2) is 36.4 Å². The molecule has 0 aliphatic carbocycles. The van der Waals surface area contributed by atoms with Crippen LogP contribution in [0.5, 0.6) is 0 Å². The number of nitrogens with zero attached hydrogens (tertiary/aromatic N) is 3. The molecule has 1 heterocycles. The van der Waals surface area contributed by atoms with Crippen LogP contribution >= 0.6 is 11.6 Å². The van der Waals surface area contributed by atoms with Gasteiger partial charge in [0.05, 0.1) is 26.8 Å². The van der Waals surface area contributed by atoms with Crippen molar-refractivity contribution in [3.05, 3.63) is 68.5 Å². The predicted octanol–water partition coefficient (Wildman–Crippen LogP) is 2.71. The van der Waals surface area contributed by atoms with Crippen molar-refractivity contribution in [3.63, 3.8) is 0 Å². The van der Waals surface area contributed by atoms with Gasteiger partial charge in [-0.3, -0.25) is 19.7 Å². The summed E-state index contributed by atoms with van der Waals surface area (Å²) in [5.41, 5.74) is 0.805. The Balaban J connectivity index is 1.77. The highest BCUT2D eigenvalue weighted by Crippen LogP contribution is 2.27. The maximum atomic E-state index is 13.2. The van der Waals surface area contributed by atoms with Crippen molar-refractivity contribution < 1.29 is 18.9 Å². The van der Waals surface area contributed by atoms with Gasteiger partial charge >= 0.3 is 0 Å². The zero-order valence-corrected chi connectivity index (χ0v) is 16.3. The molecule has 8 nitrogen and oxygen atoms in total. The molecule has 2 amide bonds. The number of nitrogens with one attached hydrogen (secondary N) is 1. The summed E-state index contributed by atoms with van der Waals surface area (Å²) in [5.74, 6) is -1.25. The van der Waals surface area contributed by atoms with Crippen molar-refractivity contribution in [1.82, 2.24) is 10.2 Å². The molecule has 1 aliphatic heterocycles. The van der Waals surface area contributed by atoms with Crippen LogP contribution in [0, 0.1) is 15.9 Å². The Kier molecular flexibility index (Phi) is 5.97. The molecule has 0 radical (unpaired) electrons. The number of carbonyl (C=O) groups excluding carboxylic acids is 2. The van der Waals surface area contributed by atoms with Crippen LogP contribution in [-0.4, -0.2) is 54.9 Å². The van der Waals surface area contributed by atoms with Gasteiger partial charge < -0.3 is 15.1 Å². The van der Waals surface area contributed by atoms with Crippen LogP contribution in [0.2, 0.25) is 5.02 Å². The maximum absolute atomic E-state index is 13.2. The van der Waals surface area contributed by atoms with E-state index in [2.05, 4.69) is 5.32 Å². The largest absolute Gasteiger partial charge is 0.367 e. The number of carbonyl (C=O) groups is 2. The van der Waals surface area contributed by atoms with E-state index in [-0.39, 0.29) is 27.7 Å². The highest BCUT2D eigenvalue weighted by atomic mass is 35.5. The Morgan fingerprint density at radius 2 is 1.79 bits per heavy atom. The highest BCUT2D eigenvalue weighted by Gasteiger charge is 2.26. The van der Waals surface area contributed by atoms with Crippen molar-refractivity contribution in [2.24, 2.45) is 0 Å². The zero-order chi connectivity index (χ0) is 21.1. The molecule has 2 aromatic carbocycles. The number of nitro groups is 1. The molecule has 1 fully saturated rings. The van der Waals surface area contributed by atoms with E-state index in [0.717, 1.165) is 6.07 Å². The number of hydrogen-bond donors (Lipinski definition) is 1. The maximum Gasteiger partial charge on any atom is 0.270 e. The lowest BCUT2D eigenvalue weighted by molar-refractivity contribution is -0.384. The lowest BCUT2D eigenvalue weighted by Gasteiger charge is -2.37. The lowest BCUT2D eigenvalue weighted by atomic mass is 10.1. The molecule has 1 aliphatic rings. The fourth-order valence-corrected chi connectivity index (χ4v) is 3.46. The van der Waals surface area contributed by atoms with Gasteiger partial charge in [-0.15, -0.1) is 0 Å². The zero-order valence-electron chi connectivity index (χ0n) is 15.5. The van der Waals surface area contributed by atoms with Crippen molar-refractivity contribution in [2.45, 2.75) is 0 Å². The highest BCUT2D eigenvalue weighted by molar-refractivity contribution is 6.33. The minimum absolute atomic E-state index is 0.0506. The van der Waals surface area contributed by atoms with Crippen molar-refractivity contribution >= 4 is 34.8 Å². The van der Waals surface area contributed by atoms with E-state index in [1.807, 2.05) is 4.90 Å². The monoisotopic (exact) mass is 420 g/mol. The third kappa shape index (κ3) is 4.29. The SMILES string of the molecule is CNC(=O)c1cc([N+](=O)[O-])ccc1N1CCN(C(=O)c2ccc(F)cc2Cl)CC1. The minimum atomic E-state index is -0.556. The molecule has 29 heavy (non-hydrogen) atoms. The van der Waals surface area contributed by atoms with Crippen LogP contribution in [0.3, 0.4) is 0 Å². The van der Waals surface area contributed by atoms with Crippen LogP contribution in [0.1, 0.15) is 20.7 Å². The number of rotatable bonds is 4. The lowest BCUT2D eigenvalue weighted by Crippen LogP contribution is -2.49. The summed E-state index contributed by atoms with van der Waals surface area (Å²) < 4.78 is 13.2. The van der Waals surface area contributed by atoms with Gasteiger partial charge in [0.2, 0.25) is 0 Å². The van der Waals surface area contributed by atoms with E-state index in [1.165, 1.54) is 37.4 Å². The number of anilines is 1. The number of non-ortho nitro benzene ring substituents is 1. The molecule has 10 heteroatoms. The Hall–Kier alpha value is -3.20. The summed E-state index contributed by atoms with van der Waals surface area (Å²) in [7, 11) is 1.45. The first-order valence-electron chi connectivity index (χ1n) is 8.81. The van der Waals surface area contributed by atoms with Crippen LogP contribution < -0.4 is 10.2 Å². The van der Waals surface area contributed by atoms with Gasteiger partial charge in [0, 0.05) is 45.4 Å². The summed E-state index contributed by atoms with van der Waals surface area (Å²) in [4.78, 5) is 38.9. The van der Waals surface area contributed by atoms with Gasteiger partial charge in [-0.05, 0) is 24.3 Å². The Labute approximate surface area is 171 Å². The number of benzene rings is 2. The molecule has 1 saturated heterocycles. The average molecular weight is 421 g/mol. The third-order valence-corrected chi connectivity index (χ3v) is 5.04. The summed E-state index contributed by atoms with van der Waals surface area (Å²) >= 11 is 5.98. The van der Waals surface area contributed by atoms with Gasteiger partial charge in [-0.25, -0.2) is 4.39 Å². The first-order chi connectivity index (χ1) is 13.8. The first kappa shape index (κ1) is 20.5. The van der Waals surface area contributed by atoms with Crippen molar-refractivity contribution in [1.29, 1.82) is 0 Å². The Bertz CT molecular complexity index is 977. The van der Waals surface area contributed by atoms with E-state index >= 15 is 0 Å². The number of nitro benzene ring substituents is 1. The topological polar surface area (TPSA) is 95.8 Å². The van der Waals surface area contributed by atoms with E-state index in [4.69, 9.17) is 11.6 Å². The van der Waals surface area contributed by atoms with Gasteiger partial charge in [0.1, 0.15) is 5.82 Å². The fourth-order valence-electron chi connectivity index (χ4n) is 3.21. The van der Waals surface area contributed by atoms with Gasteiger partial charge in [-0.2, -0.15) is 0 Å². The Morgan fingerprint density at radius 3 is 2.38 bits per heavy atom. The summed E-state index contributed by atoms with van der Waals surface area (Å²) in [6.45, 7) is 1.56. The van der Waals surface area contributed by atoms with E-state index in [9.17, 15) is 24.1 Å². The molecule has 0 bridgehead atoms. The Morgan fingerprint density at radius 1 is 1.10 bits per heavy atom. The van der Waals surface area contributed by atoms with Crippen LogP contribution in [-0.2, 0) is 0 Å². The minimum Gasteiger partial charge on any atom is -0.367 e. The van der Waals surface area contributed by atoms with Gasteiger partial charge in [0.15, 0.2) is 0 Å². The second-order valence-electron chi connectivity index (χ2n) is 6.44. The van der Waals surface area contributed by atoms with Crippen molar-refractivity contribution in [2.75, 3.05) is 38.1 Å². The molecule has 3 rings (SSSR count). The first-order valence-corrected chi connectivity index (χ1v) is 9.19. The standard InChI is InChI=1S/C19H18ClFN4O4/c1-22-18(26)15-11-13(25(28)29)3-5-17(15)23-6-8-24(9-7-23)19(27)14-4-2-12(21)10-16(14)20/h2-5,10-11H,6-9H2,1H3,(H,22,26).